The van der Waals surface area contributed by atoms with Crippen molar-refractivity contribution >= 4 is 31.6 Å². The van der Waals surface area contributed by atoms with Crippen molar-refractivity contribution in [2.24, 2.45) is 0 Å². The van der Waals surface area contributed by atoms with E-state index in [9.17, 15) is 8.42 Å². The SMILES string of the molecule is COc1ccc(C)cc1N(C)S(=O)(=O)c1ccc(Br)cc1. The van der Waals surface area contributed by atoms with Crippen LogP contribution in [0.4, 0.5) is 5.69 Å². The van der Waals surface area contributed by atoms with Crippen LogP contribution in [0, 0.1) is 6.92 Å². The van der Waals surface area contributed by atoms with E-state index in [0.717, 1.165) is 10.0 Å². The van der Waals surface area contributed by atoms with Gasteiger partial charge in [-0.2, -0.15) is 0 Å². The first-order valence-corrected chi connectivity index (χ1v) is 8.48. The summed E-state index contributed by atoms with van der Waals surface area (Å²) in [6.45, 7) is 1.91. The normalized spacial score (nSPS) is 11.2. The Morgan fingerprint density at radius 1 is 1.10 bits per heavy atom. The molecule has 2 aromatic carbocycles. The first-order valence-electron chi connectivity index (χ1n) is 6.25. The number of halogens is 1. The van der Waals surface area contributed by atoms with Gasteiger partial charge in [0.15, 0.2) is 0 Å². The van der Waals surface area contributed by atoms with Crippen molar-refractivity contribution in [3.8, 4) is 5.75 Å². The molecule has 6 heteroatoms. The van der Waals surface area contributed by atoms with Crippen LogP contribution >= 0.6 is 15.9 Å². The van der Waals surface area contributed by atoms with E-state index in [1.165, 1.54) is 18.5 Å². The second-order valence-electron chi connectivity index (χ2n) is 4.60. The quantitative estimate of drug-likeness (QED) is 0.826. The maximum absolute atomic E-state index is 12.7. The Hall–Kier alpha value is -1.53. The molecule has 0 bridgehead atoms. The first kappa shape index (κ1) is 15.9. The van der Waals surface area contributed by atoms with Gasteiger partial charge in [0.1, 0.15) is 5.75 Å². The zero-order valence-corrected chi connectivity index (χ0v) is 14.4. The van der Waals surface area contributed by atoms with Gasteiger partial charge in [-0.05, 0) is 48.9 Å². The Morgan fingerprint density at radius 2 is 1.71 bits per heavy atom. The molecule has 0 aliphatic rings. The third-order valence-corrected chi connectivity index (χ3v) is 5.46. The van der Waals surface area contributed by atoms with Gasteiger partial charge < -0.3 is 4.74 Å². The molecule has 0 radical (unpaired) electrons. The average molecular weight is 370 g/mol. The predicted octanol–water partition coefficient (Wildman–Crippen LogP) is 3.59. The molecule has 0 aliphatic heterocycles. The molecule has 0 heterocycles. The highest BCUT2D eigenvalue weighted by Gasteiger charge is 2.23. The molecule has 2 rings (SSSR count). The summed E-state index contributed by atoms with van der Waals surface area (Å²) in [5.74, 6) is 0.517. The second kappa shape index (κ2) is 6.07. The van der Waals surface area contributed by atoms with Crippen LogP contribution in [0.1, 0.15) is 5.56 Å². The van der Waals surface area contributed by atoms with E-state index in [-0.39, 0.29) is 4.90 Å². The zero-order valence-electron chi connectivity index (χ0n) is 12.0. The van der Waals surface area contributed by atoms with Crippen molar-refractivity contribution in [3.05, 3.63) is 52.5 Å². The Labute approximate surface area is 133 Å². The minimum atomic E-state index is -3.63. The number of aryl methyl sites for hydroxylation is 1. The van der Waals surface area contributed by atoms with Crippen LogP contribution in [0.25, 0.3) is 0 Å². The Morgan fingerprint density at radius 3 is 2.29 bits per heavy atom. The van der Waals surface area contributed by atoms with Gasteiger partial charge >= 0.3 is 0 Å². The molecule has 0 aliphatic carbocycles. The Kier molecular flexibility index (Phi) is 4.58. The van der Waals surface area contributed by atoms with E-state index in [1.807, 2.05) is 13.0 Å². The number of hydrogen-bond donors (Lipinski definition) is 0. The molecule has 0 N–H and O–H groups in total. The maximum Gasteiger partial charge on any atom is 0.264 e. The van der Waals surface area contributed by atoms with Gasteiger partial charge in [-0.1, -0.05) is 22.0 Å². The molecule has 0 atom stereocenters. The van der Waals surface area contributed by atoms with Crippen LogP contribution in [0.15, 0.2) is 51.8 Å². The fourth-order valence-electron chi connectivity index (χ4n) is 1.94. The number of nitrogens with zero attached hydrogens (tertiary/aromatic N) is 1. The van der Waals surface area contributed by atoms with Gasteiger partial charge in [-0.25, -0.2) is 8.42 Å². The molecule has 0 saturated carbocycles. The van der Waals surface area contributed by atoms with Crippen LogP contribution in [-0.2, 0) is 10.0 Å². The van der Waals surface area contributed by atoms with Crippen molar-refractivity contribution in [1.29, 1.82) is 0 Å². The first-order chi connectivity index (χ1) is 9.86. The lowest BCUT2D eigenvalue weighted by Gasteiger charge is -2.22. The fraction of sp³-hybridized carbons (Fsp3) is 0.200. The smallest absolute Gasteiger partial charge is 0.264 e. The van der Waals surface area contributed by atoms with Gasteiger partial charge in [0.05, 0.1) is 17.7 Å². The monoisotopic (exact) mass is 369 g/mol. The topological polar surface area (TPSA) is 46.6 Å². The summed E-state index contributed by atoms with van der Waals surface area (Å²) in [6.07, 6.45) is 0. The van der Waals surface area contributed by atoms with Crippen molar-refractivity contribution < 1.29 is 13.2 Å². The number of methoxy groups -OCH3 is 1. The lowest BCUT2D eigenvalue weighted by atomic mass is 10.2. The van der Waals surface area contributed by atoms with E-state index in [0.29, 0.717) is 11.4 Å². The number of benzene rings is 2. The van der Waals surface area contributed by atoms with Crippen LogP contribution < -0.4 is 9.04 Å². The number of sulfonamides is 1. The molecule has 0 unspecified atom stereocenters. The van der Waals surface area contributed by atoms with E-state index < -0.39 is 10.0 Å². The van der Waals surface area contributed by atoms with Gasteiger partial charge in [0, 0.05) is 11.5 Å². The molecule has 21 heavy (non-hydrogen) atoms. The van der Waals surface area contributed by atoms with E-state index in [4.69, 9.17) is 4.74 Å². The second-order valence-corrected chi connectivity index (χ2v) is 7.49. The third kappa shape index (κ3) is 3.22. The number of rotatable bonds is 4. The van der Waals surface area contributed by atoms with Crippen molar-refractivity contribution in [1.82, 2.24) is 0 Å². The molecule has 0 fully saturated rings. The number of ether oxygens (including phenoxy) is 1. The predicted molar refractivity (Wildman–Crippen MR) is 87.5 cm³/mol. The summed E-state index contributed by atoms with van der Waals surface area (Å²) >= 11 is 3.30. The average Bonchev–Trinajstić information content (AvgIpc) is 2.46. The fourth-order valence-corrected chi connectivity index (χ4v) is 3.40. The third-order valence-electron chi connectivity index (χ3n) is 3.15. The van der Waals surface area contributed by atoms with Crippen molar-refractivity contribution in [3.63, 3.8) is 0 Å². The summed E-state index contributed by atoms with van der Waals surface area (Å²) < 4.78 is 32.7. The van der Waals surface area contributed by atoms with Gasteiger partial charge in [-0.15, -0.1) is 0 Å². The maximum atomic E-state index is 12.7. The summed E-state index contributed by atoms with van der Waals surface area (Å²) in [7, 11) is -0.581. The lowest BCUT2D eigenvalue weighted by Crippen LogP contribution is -2.27. The molecular formula is C15H16BrNO3S. The Balaban J connectivity index is 2.50. The standard InChI is InChI=1S/C15H16BrNO3S/c1-11-4-9-15(20-3)14(10-11)17(2)21(18,19)13-7-5-12(16)6-8-13/h4-10H,1-3H3. The van der Waals surface area contributed by atoms with Crippen LogP contribution in [0.2, 0.25) is 0 Å². The molecule has 0 aromatic heterocycles. The Bertz CT molecular complexity index is 742. The summed E-state index contributed by atoms with van der Waals surface area (Å²) in [5.41, 5.74) is 1.48. The van der Waals surface area contributed by atoms with E-state index >= 15 is 0 Å². The highest BCUT2D eigenvalue weighted by molar-refractivity contribution is 9.10. The molecule has 0 saturated heterocycles. The van der Waals surface area contributed by atoms with E-state index in [2.05, 4.69) is 15.9 Å². The van der Waals surface area contributed by atoms with Crippen LogP contribution in [0.3, 0.4) is 0 Å². The number of hydrogen-bond acceptors (Lipinski definition) is 3. The number of anilines is 1. The molecule has 0 amide bonds. The molecule has 4 nitrogen and oxygen atoms in total. The van der Waals surface area contributed by atoms with Gasteiger partial charge in [0.25, 0.3) is 10.0 Å². The summed E-state index contributed by atoms with van der Waals surface area (Å²) in [4.78, 5) is 0.233. The van der Waals surface area contributed by atoms with Gasteiger partial charge in [-0.3, -0.25) is 4.31 Å². The van der Waals surface area contributed by atoms with Crippen molar-refractivity contribution in [2.75, 3.05) is 18.5 Å². The molecule has 112 valence electrons. The lowest BCUT2D eigenvalue weighted by molar-refractivity contribution is 0.415. The van der Waals surface area contributed by atoms with Crippen molar-refractivity contribution in [2.45, 2.75) is 11.8 Å². The summed E-state index contributed by atoms with van der Waals surface area (Å²) in [5, 5.41) is 0. The minimum Gasteiger partial charge on any atom is -0.495 e. The minimum absolute atomic E-state index is 0.233. The highest BCUT2D eigenvalue weighted by Crippen LogP contribution is 2.32. The zero-order chi connectivity index (χ0) is 15.6. The summed E-state index contributed by atoms with van der Waals surface area (Å²) in [6, 6.07) is 12.0. The van der Waals surface area contributed by atoms with Gasteiger partial charge in [0.2, 0.25) is 0 Å². The highest BCUT2D eigenvalue weighted by atomic mass is 79.9. The van der Waals surface area contributed by atoms with E-state index in [1.54, 1.807) is 36.4 Å². The van der Waals surface area contributed by atoms with Crippen LogP contribution in [-0.4, -0.2) is 22.6 Å². The molecular weight excluding hydrogens is 354 g/mol. The van der Waals surface area contributed by atoms with Crippen LogP contribution in [0.5, 0.6) is 5.75 Å². The largest absolute Gasteiger partial charge is 0.495 e. The molecule has 0 spiro atoms. The molecule has 2 aromatic rings.